The smallest absolute Gasteiger partial charge is 0.328 e. The maximum atomic E-state index is 11.7. The SMILES string of the molecule is CCN(C(=O)/C=C/C(=O)O)C1CCS(=O)(=O)C1. The molecule has 0 spiro atoms. The Morgan fingerprint density at radius 2 is 2.06 bits per heavy atom. The molecule has 1 N–H and O–H groups in total. The van der Waals surface area contributed by atoms with E-state index in [9.17, 15) is 18.0 Å². The predicted molar refractivity (Wildman–Crippen MR) is 61.2 cm³/mol. The number of carboxylic acids is 1. The topological polar surface area (TPSA) is 91.8 Å². The van der Waals surface area contributed by atoms with Gasteiger partial charge in [-0.3, -0.25) is 4.79 Å². The number of hydrogen-bond acceptors (Lipinski definition) is 4. The van der Waals surface area contributed by atoms with Crippen molar-refractivity contribution < 1.29 is 23.1 Å². The zero-order valence-electron chi connectivity index (χ0n) is 9.50. The molecule has 0 aromatic carbocycles. The number of carboxylic acid groups (broad SMARTS) is 1. The average Bonchev–Trinajstić information content (AvgIpc) is 2.57. The molecule has 0 aliphatic carbocycles. The van der Waals surface area contributed by atoms with Gasteiger partial charge in [0.1, 0.15) is 0 Å². The van der Waals surface area contributed by atoms with Gasteiger partial charge in [0.05, 0.1) is 11.5 Å². The van der Waals surface area contributed by atoms with Gasteiger partial charge in [-0.2, -0.15) is 0 Å². The molecule has 7 heteroatoms. The normalized spacial score (nSPS) is 22.8. The highest BCUT2D eigenvalue weighted by molar-refractivity contribution is 7.91. The number of hydrogen-bond donors (Lipinski definition) is 1. The van der Waals surface area contributed by atoms with Gasteiger partial charge < -0.3 is 10.0 Å². The van der Waals surface area contributed by atoms with Crippen LogP contribution in [0.25, 0.3) is 0 Å². The maximum absolute atomic E-state index is 11.7. The molecule has 1 aliphatic heterocycles. The van der Waals surface area contributed by atoms with Gasteiger partial charge in [0.15, 0.2) is 9.84 Å². The first kappa shape index (κ1) is 13.7. The molecular formula is C10H15NO5S. The summed E-state index contributed by atoms with van der Waals surface area (Å²) in [4.78, 5) is 23.3. The minimum atomic E-state index is -3.05. The molecule has 1 aliphatic rings. The summed E-state index contributed by atoms with van der Waals surface area (Å²) in [5, 5.41) is 8.41. The van der Waals surface area contributed by atoms with Gasteiger partial charge in [0.2, 0.25) is 5.91 Å². The summed E-state index contributed by atoms with van der Waals surface area (Å²) in [5.41, 5.74) is 0. The minimum Gasteiger partial charge on any atom is -0.478 e. The van der Waals surface area contributed by atoms with Gasteiger partial charge in [0, 0.05) is 24.7 Å². The van der Waals surface area contributed by atoms with E-state index < -0.39 is 21.7 Å². The quantitative estimate of drug-likeness (QED) is 0.699. The van der Waals surface area contributed by atoms with Gasteiger partial charge in [-0.05, 0) is 13.3 Å². The van der Waals surface area contributed by atoms with Gasteiger partial charge in [-0.15, -0.1) is 0 Å². The van der Waals surface area contributed by atoms with Crippen molar-refractivity contribution in [1.82, 2.24) is 4.90 Å². The molecule has 1 fully saturated rings. The van der Waals surface area contributed by atoms with Crippen molar-refractivity contribution in [3.63, 3.8) is 0 Å². The number of sulfone groups is 1. The third kappa shape index (κ3) is 3.85. The van der Waals surface area contributed by atoms with Crippen molar-refractivity contribution in [3.05, 3.63) is 12.2 Å². The Morgan fingerprint density at radius 3 is 2.47 bits per heavy atom. The van der Waals surface area contributed by atoms with Crippen LogP contribution in [-0.2, 0) is 19.4 Å². The van der Waals surface area contributed by atoms with Crippen molar-refractivity contribution in [2.75, 3.05) is 18.1 Å². The number of aliphatic carboxylic acids is 1. The number of amides is 1. The second-order valence-electron chi connectivity index (χ2n) is 3.85. The van der Waals surface area contributed by atoms with E-state index in [2.05, 4.69) is 0 Å². The second kappa shape index (κ2) is 5.31. The van der Waals surface area contributed by atoms with Crippen LogP contribution < -0.4 is 0 Å². The Labute approximate surface area is 99.8 Å². The lowest BCUT2D eigenvalue weighted by atomic mass is 10.2. The lowest BCUT2D eigenvalue weighted by molar-refractivity contribution is -0.132. The fourth-order valence-electron chi connectivity index (χ4n) is 1.85. The lowest BCUT2D eigenvalue weighted by Crippen LogP contribution is -2.40. The summed E-state index contributed by atoms with van der Waals surface area (Å²) in [6.07, 6.45) is 2.13. The highest BCUT2D eigenvalue weighted by Crippen LogP contribution is 2.17. The lowest BCUT2D eigenvalue weighted by Gasteiger charge is -2.25. The Morgan fingerprint density at radius 1 is 1.41 bits per heavy atom. The molecule has 0 aromatic heterocycles. The molecule has 1 rings (SSSR count). The molecular weight excluding hydrogens is 246 g/mol. The zero-order chi connectivity index (χ0) is 13.1. The fourth-order valence-corrected chi connectivity index (χ4v) is 3.58. The second-order valence-corrected chi connectivity index (χ2v) is 6.08. The largest absolute Gasteiger partial charge is 0.478 e. The maximum Gasteiger partial charge on any atom is 0.328 e. The highest BCUT2D eigenvalue weighted by Gasteiger charge is 2.33. The van der Waals surface area contributed by atoms with E-state index in [0.29, 0.717) is 13.0 Å². The van der Waals surface area contributed by atoms with Crippen LogP contribution in [0.15, 0.2) is 12.2 Å². The van der Waals surface area contributed by atoms with Crippen LogP contribution in [-0.4, -0.2) is 54.4 Å². The van der Waals surface area contributed by atoms with Gasteiger partial charge in [-0.25, -0.2) is 13.2 Å². The molecule has 6 nitrogen and oxygen atoms in total. The van der Waals surface area contributed by atoms with Crippen molar-refractivity contribution in [1.29, 1.82) is 0 Å². The summed E-state index contributed by atoms with van der Waals surface area (Å²) in [5.74, 6) is -1.61. The summed E-state index contributed by atoms with van der Waals surface area (Å²) in [7, 11) is -3.05. The highest BCUT2D eigenvalue weighted by atomic mass is 32.2. The fraction of sp³-hybridized carbons (Fsp3) is 0.600. The molecule has 1 unspecified atom stereocenters. The average molecular weight is 261 g/mol. The molecule has 1 heterocycles. The van der Waals surface area contributed by atoms with Crippen molar-refractivity contribution in [2.45, 2.75) is 19.4 Å². The van der Waals surface area contributed by atoms with Crippen molar-refractivity contribution in [2.24, 2.45) is 0 Å². The van der Waals surface area contributed by atoms with Crippen LogP contribution in [0, 0.1) is 0 Å². The van der Waals surface area contributed by atoms with Crippen LogP contribution >= 0.6 is 0 Å². The van der Waals surface area contributed by atoms with E-state index in [4.69, 9.17) is 5.11 Å². The van der Waals surface area contributed by atoms with Crippen molar-refractivity contribution >= 4 is 21.7 Å². The third-order valence-corrected chi connectivity index (χ3v) is 4.39. The monoisotopic (exact) mass is 261 g/mol. The molecule has 1 atom stereocenters. The minimum absolute atomic E-state index is 0.0342. The Kier molecular flexibility index (Phi) is 4.28. The molecule has 1 amide bonds. The molecule has 17 heavy (non-hydrogen) atoms. The van der Waals surface area contributed by atoms with Gasteiger partial charge >= 0.3 is 5.97 Å². The zero-order valence-corrected chi connectivity index (χ0v) is 10.3. The first-order chi connectivity index (χ1) is 7.85. The van der Waals surface area contributed by atoms with Crippen LogP contribution in [0.2, 0.25) is 0 Å². The van der Waals surface area contributed by atoms with E-state index in [0.717, 1.165) is 12.2 Å². The Bertz CT molecular complexity index is 440. The van der Waals surface area contributed by atoms with Crippen LogP contribution in [0.4, 0.5) is 0 Å². The number of nitrogens with zero attached hydrogens (tertiary/aromatic N) is 1. The molecule has 0 radical (unpaired) electrons. The summed E-state index contributed by atoms with van der Waals surface area (Å²) in [6, 6.07) is -0.337. The predicted octanol–water partition coefficient (Wildman–Crippen LogP) is -0.337. The third-order valence-electron chi connectivity index (χ3n) is 2.64. The van der Waals surface area contributed by atoms with Crippen molar-refractivity contribution in [3.8, 4) is 0 Å². The number of carbonyl (C=O) groups excluding carboxylic acids is 1. The van der Waals surface area contributed by atoms with Gasteiger partial charge in [0.25, 0.3) is 0 Å². The van der Waals surface area contributed by atoms with Crippen LogP contribution in [0.1, 0.15) is 13.3 Å². The van der Waals surface area contributed by atoms with E-state index in [-0.39, 0.29) is 17.5 Å². The summed E-state index contributed by atoms with van der Waals surface area (Å²) >= 11 is 0. The molecule has 0 saturated carbocycles. The van der Waals surface area contributed by atoms with Gasteiger partial charge in [-0.1, -0.05) is 0 Å². The standard InChI is InChI=1S/C10H15NO5S/c1-2-11(9(12)3-4-10(13)14)8-5-6-17(15,16)7-8/h3-4,8H,2,5-7H2,1H3,(H,13,14)/b4-3+. The van der Waals surface area contributed by atoms with E-state index in [1.807, 2.05) is 0 Å². The molecule has 1 saturated heterocycles. The molecule has 0 aromatic rings. The molecule has 96 valence electrons. The van der Waals surface area contributed by atoms with E-state index in [1.54, 1.807) is 6.92 Å². The molecule has 0 bridgehead atoms. The summed E-state index contributed by atoms with van der Waals surface area (Å²) < 4.78 is 22.6. The van der Waals surface area contributed by atoms with E-state index in [1.165, 1.54) is 4.90 Å². The van der Waals surface area contributed by atoms with E-state index >= 15 is 0 Å². The first-order valence-corrected chi connectivity index (χ1v) is 7.10. The number of carbonyl (C=O) groups is 2. The number of likely N-dealkylation sites (N-methyl/N-ethyl adjacent to an activating group) is 1. The van der Waals surface area contributed by atoms with Crippen LogP contribution in [0.5, 0.6) is 0 Å². The Hall–Kier alpha value is -1.37. The Balaban J connectivity index is 2.72. The number of rotatable bonds is 4. The summed E-state index contributed by atoms with van der Waals surface area (Å²) in [6.45, 7) is 2.10. The first-order valence-electron chi connectivity index (χ1n) is 5.27. The van der Waals surface area contributed by atoms with Crippen LogP contribution in [0.3, 0.4) is 0 Å².